The van der Waals surface area contributed by atoms with Crippen LogP contribution in [-0.4, -0.2) is 54.6 Å². The zero-order valence-corrected chi connectivity index (χ0v) is 14.3. The third-order valence-corrected chi connectivity index (χ3v) is 5.46. The second-order valence-corrected chi connectivity index (χ2v) is 7.10. The Hall–Kier alpha value is -0.850. The molecule has 136 valence electrons. The van der Waals surface area contributed by atoms with E-state index in [1.165, 1.54) is 25.0 Å². The monoisotopic (exact) mass is 345 g/mol. The molecule has 2 fully saturated rings. The van der Waals surface area contributed by atoms with Crippen molar-refractivity contribution in [3.05, 3.63) is 24.3 Å². The average molecular weight is 345 g/mol. The highest BCUT2D eigenvalue weighted by Gasteiger charge is 2.53. The molecule has 2 bridgehead atoms. The first-order valence-corrected chi connectivity index (χ1v) is 8.81. The molecule has 0 saturated carbocycles. The molecule has 2 saturated heterocycles. The van der Waals surface area contributed by atoms with Crippen LogP contribution in [0.15, 0.2) is 24.3 Å². The largest absolute Gasteiger partial charge is 0.424 e. The summed E-state index contributed by atoms with van der Waals surface area (Å²) in [5.41, 5.74) is -2.31. The van der Waals surface area contributed by atoms with Crippen LogP contribution >= 0.6 is 0 Å². The fourth-order valence-corrected chi connectivity index (χ4v) is 4.02. The van der Waals surface area contributed by atoms with Crippen LogP contribution in [0.1, 0.15) is 39.0 Å². The van der Waals surface area contributed by atoms with E-state index in [1.54, 1.807) is 6.92 Å². The van der Waals surface area contributed by atoms with Gasteiger partial charge in [0.25, 0.3) is 0 Å². The number of halogens is 3. The Morgan fingerprint density at radius 2 is 1.71 bits per heavy atom. The van der Waals surface area contributed by atoms with Crippen LogP contribution in [0.3, 0.4) is 0 Å². The first kappa shape index (κ1) is 18.0. The summed E-state index contributed by atoms with van der Waals surface area (Å²) < 4.78 is 51.3. The predicted molar refractivity (Wildman–Crippen MR) is 85.8 cm³/mol. The highest BCUT2D eigenvalue weighted by atomic mass is 19.4. The number of alkyl halides is 3. The lowest BCUT2D eigenvalue weighted by Crippen LogP contribution is -2.47. The van der Waals surface area contributed by atoms with E-state index < -0.39 is 17.9 Å². The highest BCUT2D eigenvalue weighted by Crippen LogP contribution is 2.40. The van der Waals surface area contributed by atoms with Gasteiger partial charge in [-0.15, -0.1) is 0 Å². The van der Waals surface area contributed by atoms with Gasteiger partial charge in [-0.2, -0.15) is 13.2 Å². The molecule has 0 spiro atoms. The minimum absolute atomic E-state index is 0.0675. The van der Waals surface area contributed by atoms with E-state index >= 15 is 0 Å². The Balaban J connectivity index is 1.62. The number of ether oxygens (including phenoxy) is 2. The van der Waals surface area contributed by atoms with E-state index in [0.29, 0.717) is 18.5 Å². The number of piperidine rings is 1. The van der Waals surface area contributed by atoms with Crippen molar-refractivity contribution in [2.24, 2.45) is 0 Å². The summed E-state index contributed by atoms with van der Waals surface area (Å²) >= 11 is 0. The summed E-state index contributed by atoms with van der Waals surface area (Å²) in [5.74, 6) is 0. The number of fused-ring (bicyclic) bond motifs is 2. The van der Waals surface area contributed by atoms with Gasteiger partial charge in [0.15, 0.2) is 5.60 Å². The Bertz CT molecular complexity index is 475. The first-order chi connectivity index (χ1) is 11.3. The molecule has 2 atom stereocenters. The third-order valence-electron chi connectivity index (χ3n) is 5.46. The Labute approximate surface area is 141 Å². The van der Waals surface area contributed by atoms with Gasteiger partial charge in [-0.25, -0.2) is 0 Å². The predicted octanol–water partition coefficient (Wildman–Crippen LogP) is 3.85. The zero-order valence-electron chi connectivity index (χ0n) is 14.3. The maximum atomic E-state index is 13.4. The second kappa shape index (κ2) is 6.81. The van der Waals surface area contributed by atoms with Gasteiger partial charge in [0.2, 0.25) is 0 Å². The molecule has 1 aliphatic carbocycles. The molecule has 0 aromatic heterocycles. The molecule has 0 aromatic rings. The third kappa shape index (κ3) is 3.41. The van der Waals surface area contributed by atoms with Crippen LogP contribution in [-0.2, 0) is 9.47 Å². The van der Waals surface area contributed by atoms with Gasteiger partial charge < -0.3 is 14.4 Å². The van der Waals surface area contributed by atoms with Crippen molar-refractivity contribution in [3.63, 3.8) is 0 Å². The molecule has 3 rings (SSSR count). The maximum absolute atomic E-state index is 13.4. The summed E-state index contributed by atoms with van der Waals surface area (Å²) in [4.78, 5) is 2.42. The summed E-state index contributed by atoms with van der Waals surface area (Å²) in [6.07, 6.45) is 5.29. The van der Waals surface area contributed by atoms with Crippen molar-refractivity contribution in [1.82, 2.24) is 4.90 Å². The molecular weight excluding hydrogens is 319 g/mol. The molecule has 0 N–H and O–H groups in total. The van der Waals surface area contributed by atoms with Crippen molar-refractivity contribution in [2.75, 3.05) is 13.7 Å². The molecule has 6 heteroatoms. The van der Waals surface area contributed by atoms with E-state index in [1.807, 2.05) is 0 Å². The van der Waals surface area contributed by atoms with Crippen molar-refractivity contribution < 1.29 is 22.6 Å². The molecule has 24 heavy (non-hydrogen) atoms. The Morgan fingerprint density at radius 3 is 2.21 bits per heavy atom. The van der Waals surface area contributed by atoms with Gasteiger partial charge in [-0.05, 0) is 51.3 Å². The number of hydrogen-bond acceptors (Lipinski definition) is 3. The first-order valence-electron chi connectivity index (χ1n) is 8.81. The van der Waals surface area contributed by atoms with E-state index in [9.17, 15) is 13.2 Å². The fraction of sp³-hybridized carbons (Fsp3) is 0.778. The Kier molecular flexibility index (Phi) is 5.09. The second-order valence-electron chi connectivity index (χ2n) is 7.10. The lowest BCUT2D eigenvalue weighted by molar-refractivity contribution is -0.239. The van der Waals surface area contributed by atoms with Gasteiger partial charge in [0.1, 0.15) is 0 Å². The maximum Gasteiger partial charge on any atom is 0.424 e. The smallest absolute Gasteiger partial charge is 0.367 e. The topological polar surface area (TPSA) is 21.7 Å². The summed E-state index contributed by atoms with van der Waals surface area (Å²) in [6, 6.07) is 1.10. The van der Waals surface area contributed by atoms with Crippen LogP contribution in [0.5, 0.6) is 0 Å². The zero-order chi connectivity index (χ0) is 17.4. The molecule has 3 aliphatic rings. The minimum atomic E-state index is -4.47. The normalized spacial score (nSPS) is 39.5. The van der Waals surface area contributed by atoms with E-state index in [4.69, 9.17) is 9.47 Å². The molecule has 2 heterocycles. The molecule has 0 radical (unpaired) electrons. The Morgan fingerprint density at radius 1 is 1.12 bits per heavy atom. The standard InChI is InChI=1S/C18H26F3NO2/c1-3-10-23-17(18(19,20)21)8-6-15(7-9-17)24-16-11-13-4-5-14(12-16)22(13)2/h6-9,13-16H,3-5,10-12H2,1-2H3. The number of hydrogen-bond donors (Lipinski definition) is 0. The molecule has 3 nitrogen and oxygen atoms in total. The van der Waals surface area contributed by atoms with Crippen LogP contribution in [0.4, 0.5) is 13.2 Å². The van der Waals surface area contributed by atoms with Gasteiger partial charge in [-0.3, -0.25) is 0 Å². The van der Waals surface area contributed by atoms with E-state index in [0.717, 1.165) is 25.0 Å². The van der Waals surface area contributed by atoms with Crippen molar-refractivity contribution in [1.29, 1.82) is 0 Å². The van der Waals surface area contributed by atoms with Gasteiger partial charge in [-0.1, -0.05) is 19.1 Å². The van der Waals surface area contributed by atoms with Crippen LogP contribution in [0, 0.1) is 0 Å². The van der Waals surface area contributed by atoms with Gasteiger partial charge in [0, 0.05) is 18.7 Å². The van der Waals surface area contributed by atoms with Crippen LogP contribution in [0.2, 0.25) is 0 Å². The number of nitrogens with zero attached hydrogens (tertiary/aromatic N) is 1. The van der Waals surface area contributed by atoms with Gasteiger partial charge in [0.05, 0.1) is 12.2 Å². The van der Waals surface area contributed by atoms with Crippen molar-refractivity contribution in [2.45, 2.75) is 75.1 Å². The van der Waals surface area contributed by atoms with Crippen LogP contribution < -0.4 is 0 Å². The average Bonchev–Trinajstić information content (AvgIpc) is 2.74. The summed E-state index contributed by atoms with van der Waals surface area (Å²) in [7, 11) is 2.15. The lowest BCUT2D eigenvalue weighted by Gasteiger charge is -2.38. The van der Waals surface area contributed by atoms with Crippen LogP contribution in [0.25, 0.3) is 0 Å². The molecule has 2 unspecified atom stereocenters. The highest BCUT2D eigenvalue weighted by molar-refractivity contribution is 5.27. The minimum Gasteiger partial charge on any atom is -0.367 e. The lowest BCUT2D eigenvalue weighted by atomic mass is 9.95. The summed E-state index contributed by atoms with van der Waals surface area (Å²) in [5, 5.41) is 0. The van der Waals surface area contributed by atoms with Crippen molar-refractivity contribution in [3.8, 4) is 0 Å². The SMILES string of the molecule is CCCOC1(C(F)(F)F)C=CC(OC2CC3CCC(C2)N3C)C=C1. The number of rotatable bonds is 5. The quantitative estimate of drug-likeness (QED) is 0.707. The van der Waals surface area contributed by atoms with E-state index in [2.05, 4.69) is 11.9 Å². The fourth-order valence-electron chi connectivity index (χ4n) is 4.02. The summed E-state index contributed by atoms with van der Waals surface area (Å²) in [6.45, 7) is 1.86. The molecule has 0 amide bonds. The van der Waals surface area contributed by atoms with Crippen molar-refractivity contribution >= 4 is 0 Å². The molecule has 0 aromatic carbocycles. The molecular formula is C18H26F3NO2. The molecule has 2 aliphatic heterocycles. The van der Waals surface area contributed by atoms with E-state index in [-0.39, 0.29) is 12.7 Å². The van der Waals surface area contributed by atoms with Gasteiger partial charge >= 0.3 is 6.18 Å².